The molecule has 2 N–H and O–H groups in total. The Hall–Kier alpha value is -1.18. The standard InChI is InChI=1S/C16H14Br3N3O/c1-10-6-13(18)16(14(19)7-10)20-9-15(23)22-21-8-11-2-4-12(17)5-3-11/h2-8,20H,9H2,1H3,(H,22,23)/b21-8-. The first-order valence-electron chi connectivity index (χ1n) is 6.72. The van der Waals surface area contributed by atoms with Gasteiger partial charge in [0.1, 0.15) is 0 Å². The average Bonchev–Trinajstić information content (AvgIpc) is 2.48. The van der Waals surface area contributed by atoms with Crippen LogP contribution in [0.3, 0.4) is 0 Å². The predicted molar refractivity (Wildman–Crippen MR) is 105 cm³/mol. The third-order valence-corrected chi connectivity index (χ3v) is 4.66. The number of anilines is 1. The SMILES string of the molecule is Cc1cc(Br)c(NCC(=O)N/N=C\c2ccc(Br)cc2)c(Br)c1. The van der Waals surface area contributed by atoms with E-state index in [1.807, 2.05) is 43.3 Å². The van der Waals surface area contributed by atoms with E-state index in [1.165, 1.54) is 0 Å². The second-order valence-corrected chi connectivity index (χ2v) is 7.43. The van der Waals surface area contributed by atoms with Gasteiger partial charge in [0.25, 0.3) is 5.91 Å². The summed E-state index contributed by atoms with van der Waals surface area (Å²) in [5.74, 6) is -0.224. The van der Waals surface area contributed by atoms with E-state index in [2.05, 4.69) is 63.6 Å². The molecule has 0 unspecified atom stereocenters. The first kappa shape index (κ1) is 18.2. The molecule has 0 saturated carbocycles. The van der Waals surface area contributed by atoms with E-state index in [4.69, 9.17) is 0 Å². The Balaban J connectivity index is 1.87. The van der Waals surface area contributed by atoms with Crippen LogP contribution in [0.4, 0.5) is 5.69 Å². The van der Waals surface area contributed by atoms with Gasteiger partial charge in [0.15, 0.2) is 0 Å². The van der Waals surface area contributed by atoms with Gasteiger partial charge in [-0.2, -0.15) is 5.10 Å². The number of nitrogens with one attached hydrogen (secondary N) is 2. The Morgan fingerprint density at radius 2 is 1.74 bits per heavy atom. The molecule has 0 atom stereocenters. The molecule has 0 bridgehead atoms. The van der Waals surface area contributed by atoms with Gasteiger partial charge in [0.2, 0.25) is 0 Å². The number of hydrazone groups is 1. The number of carbonyl (C=O) groups excluding carboxylic acids is 1. The minimum atomic E-state index is -0.224. The summed E-state index contributed by atoms with van der Waals surface area (Å²) in [6.45, 7) is 2.13. The molecular weight excluding hydrogens is 490 g/mol. The van der Waals surface area contributed by atoms with E-state index in [0.717, 1.165) is 30.2 Å². The topological polar surface area (TPSA) is 53.5 Å². The first-order chi connectivity index (χ1) is 11.0. The van der Waals surface area contributed by atoms with Crippen molar-refractivity contribution in [3.8, 4) is 0 Å². The van der Waals surface area contributed by atoms with Gasteiger partial charge in [-0.3, -0.25) is 4.79 Å². The fraction of sp³-hybridized carbons (Fsp3) is 0.125. The number of hydrogen-bond acceptors (Lipinski definition) is 3. The largest absolute Gasteiger partial charge is 0.374 e. The Bertz CT molecular complexity index is 707. The van der Waals surface area contributed by atoms with Gasteiger partial charge in [-0.05, 0) is 74.2 Å². The minimum Gasteiger partial charge on any atom is -0.374 e. The number of nitrogens with zero attached hydrogens (tertiary/aromatic N) is 1. The van der Waals surface area contributed by atoms with Crippen LogP contribution in [0.5, 0.6) is 0 Å². The van der Waals surface area contributed by atoms with Crippen LogP contribution in [0, 0.1) is 6.92 Å². The van der Waals surface area contributed by atoms with Crippen molar-refractivity contribution < 1.29 is 4.79 Å². The molecule has 0 fully saturated rings. The molecule has 0 heterocycles. The summed E-state index contributed by atoms with van der Waals surface area (Å²) in [7, 11) is 0. The van der Waals surface area contributed by atoms with Crippen molar-refractivity contribution in [3.05, 3.63) is 60.9 Å². The number of halogens is 3. The van der Waals surface area contributed by atoms with Crippen molar-refractivity contribution in [2.24, 2.45) is 5.10 Å². The van der Waals surface area contributed by atoms with Gasteiger partial charge in [-0.15, -0.1) is 0 Å². The molecule has 0 aliphatic rings. The Labute approximate surface area is 160 Å². The van der Waals surface area contributed by atoms with E-state index < -0.39 is 0 Å². The molecule has 2 aromatic rings. The van der Waals surface area contributed by atoms with Crippen molar-refractivity contribution >= 4 is 65.6 Å². The van der Waals surface area contributed by atoms with Crippen molar-refractivity contribution in [1.82, 2.24) is 5.43 Å². The van der Waals surface area contributed by atoms with E-state index in [-0.39, 0.29) is 12.5 Å². The Morgan fingerprint density at radius 3 is 2.35 bits per heavy atom. The van der Waals surface area contributed by atoms with Crippen LogP contribution in [-0.2, 0) is 4.79 Å². The fourth-order valence-corrected chi connectivity index (χ4v) is 3.76. The molecule has 7 heteroatoms. The molecule has 0 aromatic heterocycles. The summed E-state index contributed by atoms with van der Waals surface area (Å²) < 4.78 is 2.79. The van der Waals surface area contributed by atoms with Crippen LogP contribution in [0.15, 0.2) is 54.9 Å². The molecule has 23 heavy (non-hydrogen) atoms. The molecule has 0 spiro atoms. The summed E-state index contributed by atoms with van der Waals surface area (Å²) in [5, 5.41) is 7.02. The lowest BCUT2D eigenvalue weighted by Crippen LogP contribution is -2.26. The van der Waals surface area contributed by atoms with Crippen LogP contribution >= 0.6 is 47.8 Å². The third-order valence-electron chi connectivity index (χ3n) is 2.89. The molecule has 4 nitrogen and oxygen atoms in total. The molecule has 120 valence electrons. The molecule has 0 radical (unpaired) electrons. The van der Waals surface area contributed by atoms with Gasteiger partial charge in [0.05, 0.1) is 18.4 Å². The molecule has 1 amide bonds. The highest BCUT2D eigenvalue weighted by Gasteiger charge is 2.07. The lowest BCUT2D eigenvalue weighted by Gasteiger charge is -2.11. The zero-order valence-electron chi connectivity index (χ0n) is 12.2. The Morgan fingerprint density at radius 1 is 1.13 bits per heavy atom. The number of hydrogen-bond donors (Lipinski definition) is 2. The molecule has 0 aliphatic carbocycles. The molecule has 0 saturated heterocycles. The van der Waals surface area contributed by atoms with Gasteiger partial charge < -0.3 is 5.32 Å². The number of benzene rings is 2. The summed E-state index contributed by atoms with van der Waals surface area (Å²) >= 11 is 10.3. The highest BCUT2D eigenvalue weighted by atomic mass is 79.9. The monoisotopic (exact) mass is 501 g/mol. The lowest BCUT2D eigenvalue weighted by molar-refractivity contribution is -0.119. The average molecular weight is 504 g/mol. The number of rotatable bonds is 5. The number of amides is 1. The van der Waals surface area contributed by atoms with Gasteiger partial charge >= 0.3 is 0 Å². The maximum Gasteiger partial charge on any atom is 0.259 e. The molecular formula is C16H14Br3N3O. The van der Waals surface area contributed by atoms with Crippen molar-refractivity contribution in [3.63, 3.8) is 0 Å². The van der Waals surface area contributed by atoms with E-state index >= 15 is 0 Å². The molecule has 2 aromatic carbocycles. The van der Waals surface area contributed by atoms with Gasteiger partial charge in [0, 0.05) is 13.4 Å². The summed E-state index contributed by atoms with van der Waals surface area (Å²) in [6, 6.07) is 11.6. The minimum absolute atomic E-state index is 0.123. The summed E-state index contributed by atoms with van der Waals surface area (Å²) in [5.41, 5.74) is 5.36. The van der Waals surface area contributed by atoms with Crippen LogP contribution in [0.25, 0.3) is 0 Å². The van der Waals surface area contributed by atoms with Gasteiger partial charge in [-0.25, -0.2) is 5.43 Å². The number of carbonyl (C=O) groups is 1. The van der Waals surface area contributed by atoms with E-state index in [0.29, 0.717) is 0 Å². The Kier molecular flexibility index (Phi) is 6.80. The maximum absolute atomic E-state index is 11.8. The maximum atomic E-state index is 11.8. The fourth-order valence-electron chi connectivity index (χ4n) is 1.80. The second kappa shape index (κ2) is 8.61. The summed E-state index contributed by atoms with van der Waals surface area (Å²) in [4.78, 5) is 11.8. The van der Waals surface area contributed by atoms with Crippen LogP contribution in [0.2, 0.25) is 0 Å². The second-order valence-electron chi connectivity index (χ2n) is 4.80. The van der Waals surface area contributed by atoms with Gasteiger partial charge in [-0.1, -0.05) is 28.1 Å². The molecule has 0 aliphatic heterocycles. The normalized spacial score (nSPS) is 10.8. The smallest absolute Gasteiger partial charge is 0.259 e. The van der Waals surface area contributed by atoms with Crippen LogP contribution < -0.4 is 10.7 Å². The highest BCUT2D eigenvalue weighted by molar-refractivity contribution is 9.11. The number of aryl methyl sites for hydroxylation is 1. The van der Waals surface area contributed by atoms with Crippen molar-refractivity contribution in [2.45, 2.75) is 6.92 Å². The zero-order chi connectivity index (χ0) is 16.8. The lowest BCUT2D eigenvalue weighted by atomic mass is 10.2. The van der Waals surface area contributed by atoms with E-state index in [1.54, 1.807) is 6.21 Å². The van der Waals surface area contributed by atoms with E-state index in [9.17, 15) is 4.79 Å². The third kappa shape index (κ3) is 5.75. The summed E-state index contributed by atoms with van der Waals surface area (Å²) in [6.07, 6.45) is 1.60. The zero-order valence-corrected chi connectivity index (χ0v) is 17.0. The van der Waals surface area contributed by atoms with Crippen LogP contribution in [-0.4, -0.2) is 18.7 Å². The quantitative estimate of drug-likeness (QED) is 0.453. The highest BCUT2D eigenvalue weighted by Crippen LogP contribution is 2.32. The molecule has 2 rings (SSSR count). The van der Waals surface area contributed by atoms with Crippen molar-refractivity contribution in [2.75, 3.05) is 11.9 Å². The van der Waals surface area contributed by atoms with Crippen molar-refractivity contribution in [1.29, 1.82) is 0 Å². The van der Waals surface area contributed by atoms with Crippen LogP contribution in [0.1, 0.15) is 11.1 Å². The first-order valence-corrected chi connectivity index (χ1v) is 9.10. The predicted octanol–water partition coefficient (Wildman–Crippen LogP) is 4.84.